The second-order valence-corrected chi connectivity index (χ2v) is 14.3. The van der Waals surface area contributed by atoms with Crippen LogP contribution in [0.5, 0.6) is 0 Å². The first kappa shape index (κ1) is 29.3. The van der Waals surface area contributed by atoms with Crippen molar-refractivity contribution in [1.82, 2.24) is 14.3 Å². The van der Waals surface area contributed by atoms with E-state index in [2.05, 4.69) is 23.6 Å². The van der Waals surface area contributed by atoms with Gasteiger partial charge in [-0.25, -0.2) is 22.5 Å². The number of nitrogens with one attached hydrogen (secondary N) is 1. The summed E-state index contributed by atoms with van der Waals surface area (Å²) in [6.45, 7) is 6.49. The third-order valence-corrected chi connectivity index (χ3v) is 10.5. The average molecular weight is 601 g/mol. The molecule has 4 aromatic rings. The summed E-state index contributed by atoms with van der Waals surface area (Å²) in [5, 5.41) is 0. The van der Waals surface area contributed by atoms with Crippen LogP contribution in [0.25, 0.3) is 0 Å². The molecule has 224 valence electrons. The Kier molecular flexibility index (Phi) is 7.50. The summed E-state index contributed by atoms with van der Waals surface area (Å²) in [5.41, 5.74) is 4.33. The van der Waals surface area contributed by atoms with Crippen LogP contribution in [0.4, 0.5) is 10.1 Å². The molecule has 0 bridgehead atoms. The highest BCUT2D eigenvalue weighted by atomic mass is 32.2. The Labute approximate surface area is 252 Å². The lowest BCUT2D eigenvalue weighted by atomic mass is 9.71. The average Bonchev–Trinajstić information content (AvgIpc) is 3.67. The molecule has 6 rings (SSSR count). The predicted molar refractivity (Wildman–Crippen MR) is 165 cm³/mol. The standard InChI is InChI=1S/C34H37FN4O3S/c1-22-6-5-7-26(18-22)43(41,42)37-31-14-15-34(2,3)30-13-12-25(19-29(30)31)39(21-32-36-16-17-38(32)4)33(40)28-20-27(28)23-8-10-24(35)11-9-23/h5-13,16-19,27-28,31,37H,14-15,20-21H2,1-4H3/t27-,28+,31+/m1/s1. The molecule has 1 amide bonds. The number of fused-ring (bicyclic) bond motifs is 1. The van der Waals surface area contributed by atoms with Crippen molar-refractivity contribution >= 4 is 21.6 Å². The molecule has 1 fully saturated rings. The zero-order valence-corrected chi connectivity index (χ0v) is 25.7. The van der Waals surface area contributed by atoms with Crippen LogP contribution in [-0.2, 0) is 33.8 Å². The van der Waals surface area contributed by atoms with Gasteiger partial charge in [-0.1, -0.05) is 44.2 Å². The van der Waals surface area contributed by atoms with Gasteiger partial charge in [0.1, 0.15) is 11.6 Å². The number of sulfonamides is 1. The number of hydrogen-bond acceptors (Lipinski definition) is 4. The van der Waals surface area contributed by atoms with Crippen molar-refractivity contribution in [1.29, 1.82) is 0 Å². The van der Waals surface area contributed by atoms with Gasteiger partial charge in [0.15, 0.2) is 0 Å². The van der Waals surface area contributed by atoms with Crippen molar-refractivity contribution in [3.8, 4) is 0 Å². The van der Waals surface area contributed by atoms with E-state index in [0.717, 1.165) is 34.5 Å². The van der Waals surface area contributed by atoms with Crippen LogP contribution in [0, 0.1) is 18.7 Å². The number of rotatable bonds is 8. The zero-order valence-electron chi connectivity index (χ0n) is 24.9. The van der Waals surface area contributed by atoms with Gasteiger partial charge >= 0.3 is 0 Å². The molecule has 1 N–H and O–H groups in total. The maximum atomic E-state index is 14.1. The van der Waals surface area contributed by atoms with Crippen molar-refractivity contribution in [2.24, 2.45) is 13.0 Å². The summed E-state index contributed by atoms with van der Waals surface area (Å²) in [6.07, 6.45) is 5.71. The number of aryl methyl sites for hydroxylation is 2. The molecule has 7 nitrogen and oxygen atoms in total. The maximum absolute atomic E-state index is 14.1. The Morgan fingerprint density at radius 2 is 1.88 bits per heavy atom. The number of imidazole rings is 1. The second-order valence-electron chi connectivity index (χ2n) is 12.6. The Hall–Kier alpha value is -3.82. The Morgan fingerprint density at radius 1 is 1.12 bits per heavy atom. The largest absolute Gasteiger partial charge is 0.337 e. The fourth-order valence-corrected chi connectivity index (χ4v) is 7.67. The van der Waals surface area contributed by atoms with E-state index in [1.807, 2.05) is 49.0 Å². The Balaban J connectivity index is 1.36. The lowest BCUT2D eigenvalue weighted by molar-refractivity contribution is -0.120. The quantitative estimate of drug-likeness (QED) is 0.258. The number of carbonyl (C=O) groups excluding carboxylic acids is 1. The van der Waals surface area contributed by atoms with E-state index in [-0.39, 0.29) is 40.4 Å². The minimum Gasteiger partial charge on any atom is -0.337 e. The van der Waals surface area contributed by atoms with Gasteiger partial charge in [0, 0.05) is 37.1 Å². The van der Waals surface area contributed by atoms with Gasteiger partial charge in [0.25, 0.3) is 0 Å². The van der Waals surface area contributed by atoms with Gasteiger partial charge in [-0.2, -0.15) is 0 Å². The minimum absolute atomic E-state index is 0.0239. The summed E-state index contributed by atoms with van der Waals surface area (Å²) in [6, 6.07) is 18.8. The predicted octanol–water partition coefficient (Wildman–Crippen LogP) is 6.30. The van der Waals surface area contributed by atoms with Gasteiger partial charge in [0.2, 0.25) is 15.9 Å². The number of carbonyl (C=O) groups is 1. The summed E-state index contributed by atoms with van der Waals surface area (Å²) >= 11 is 0. The number of anilines is 1. The molecule has 2 aliphatic carbocycles. The molecule has 9 heteroatoms. The summed E-state index contributed by atoms with van der Waals surface area (Å²) < 4.78 is 45.4. The summed E-state index contributed by atoms with van der Waals surface area (Å²) in [7, 11) is -1.88. The Morgan fingerprint density at radius 3 is 2.58 bits per heavy atom. The number of amides is 1. The molecule has 1 saturated carbocycles. The molecule has 0 unspecified atom stereocenters. The smallest absolute Gasteiger partial charge is 0.241 e. The topological polar surface area (TPSA) is 84.3 Å². The van der Waals surface area contributed by atoms with E-state index in [4.69, 9.17) is 0 Å². The molecule has 1 heterocycles. The van der Waals surface area contributed by atoms with Gasteiger partial charge in [-0.05, 0) is 96.2 Å². The fourth-order valence-electron chi connectivity index (χ4n) is 6.31. The second kappa shape index (κ2) is 11.0. The molecule has 0 radical (unpaired) electrons. The molecule has 3 aromatic carbocycles. The number of hydrogen-bond donors (Lipinski definition) is 1. The molecular formula is C34H37FN4O3S. The van der Waals surface area contributed by atoms with Crippen LogP contribution in [0.3, 0.4) is 0 Å². The first-order valence-corrected chi connectivity index (χ1v) is 16.2. The fraction of sp³-hybridized carbons (Fsp3) is 0.353. The molecule has 2 aliphatic rings. The van der Waals surface area contributed by atoms with Crippen LogP contribution in [0.15, 0.2) is 84.0 Å². The molecule has 3 atom stereocenters. The minimum atomic E-state index is -3.77. The van der Waals surface area contributed by atoms with E-state index >= 15 is 0 Å². The third kappa shape index (κ3) is 5.88. The highest BCUT2D eigenvalue weighted by molar-refractivity contribution is 7.89. The molecule has 43 heavy (non-hydrogen) atoms. The van der Waals surface area contributed by atoms with Crippen molar-refractivity contribution in [3.05, 3.63) is 113 Å². The van der Waals surface area contributed by atoms with Gasteiger partial charge in [-0.15, -0.1) is 0 Å². The van der Waals surface area contributed by atoms with E-state index in [1.165, 1.54) is 12.1 Å². The first-order valence-electron chi connectivity index (χ1n) is 14.7. The van der Waals surface area contributed by atoms with Gasteiger partial charge in [-0.3, -0.25) is 4.79 Å². The van der Waals surface area contributed by atoms with Crippen molar-refractivity contribution in [2.45, 2.75) is 68.8 Å². The van der Waals surface area contributed by atoms with E-state index in [9.17, 15) is 17.6 Å². The first-order chi connectivity index (χ1) is 20.4. The number of nitrogens with zero attached hydrogens (tertiary/aromatic N) is 3. The monoisotopic (exact) mass is 600 g/mol. The van der Waals surface area contributed by atoms with Gasteiger partial charge < -0.3 is 9.47 Å². The van der Waals surface area contributed by atoms with Gasteiger partial charge in [0.05, 0.1) is 11.4 Å². The normalized spacial score (nSPS) is 20.8. The summed E-state index contributed by atoms with van der Waals surface area (Å²) in [5.74, 6) is 0.218. The third-order valence-electron chi connectivity index (χ3n) is 9.00. The van der Waals surface area contributed by atoms with Crippen molar-refractivity contribution < 1.29 is 17.6 Å². The zero-order chi connectivity index (χ0) is 30.5. The van der Waals surface area contributed by atoms with Crippen molar-refractivity contribution in [3.63, 3.8) is 0 Å². The molecule has 0 aliphatic heterocycles. The molecular weight excluding hydrogens is 563 g/mol. The lowest BCUT2D eigenvalue weighted by Crippen LogP contribution is -2.37. The summed E-state index contributed by atoms with van der Waals surface area (Å²) in [4.78, 5) is 20.6. The van der Waals surface area contributed by atoms with E-state index in [0.29, 0.717) is 18.5 Å². The number of aromatic nitrogens is 2. The highest BCUT2D eigenvalue weighted by Gasteiger charge is 2.46. The number of benzene rings is 3. The Bertz CT molecular complexity index is 1780. The van der Waals surface area contributed by atoms with E-state index < -0.39 is 16.1 Å². The lowest BCUT2D eigenvalue weighted by Gasteiger charge is -2.38. The SMILES string of the molecule is Cc1cccc(S(=O)(=O)N[C@H]2CCC(C)(C)c3ccc(N(Cc4nccn4C)C(=O)[C@H]4C[C@@H]4c4ccc(F)cc4)cc32)c1. The van der Waals surface area contributed by atoms with E-state index in [1.54, 1.807) is 41.4 Å². The molecule has 1 aromatic heterocycles. The van der Waals surface area contributed by atoms with Crippen molar-refractivity contribution in [2.75, 3.05) is 4.90 Å². The number of halogens is 1. The highest BCUT2D eigenvalue weighted by Crippen LogP contribution is 2.50. The van der Waals surface area contributed by atoms with Crippen LogP contribution < -0.4 is 9.62 Å². The van der Waals surface area contributed by atoms with Crippen LogP contribution in [-0.4, -0.2) is 23.9 Å². The molecule has 0 spiro atoms. The van der Waals surface area contributed by atoms with Crippen LogP contribution in [0.2, 0.25) is 0 Å². The molecule has 0 saturated heterocycles. The maximum Gasteiger partial charge on any atom is 0.241 e. The van der Waals surface area contributed by atoms with Crippen LogP contribution >= 0.6 is 0 Å². The van der Waals surface area contributed by atoms with Crippen LogP contribution in [0.1, 0.15) is 73.1 Å².